The van der Waals surface area contributed by atoms with Gasteiger partial charge in [-0.05, 0) is 47.9 Å². The van der Waals surface area contributed by atoms with Crippen molar-refractivity contribution in [3.05, 3.63) is 89.5 Å². The molecule has 0 aliphatic carbocycles. The van der Waals surface area contributed by atoms with E-state index in [1.54, 1.807) is 12.1 Å². The van der Waals surface area contributed by atoms with Crippen LogP contribution in [0.1, 0.15) is 29.7 Å². The Balaban J connectivity index is 1.85. The first-order valence-electron chi connectivity index (χ1n) is 9.01. The number of alkyl halides is 3. The zero-order valence-electron chi connectivity index (χ0n) is 15.8. The minimum Gasteiger partial charge on any atom is -0.496 e. The van der Waals surface area contributed by atoms with Crippen LogP contribution in [0, 0.1) is 0 Å². The molecule has 0 aliphatic rings. The second-order valence-electron chi connectivity index (χ2n) is 6.63. The van der Waals surface area contributed by atoms with E-state index in [0.717, 1.165) is 17.7 Å². The average Bonchev–Trinajstić information content (AvgIpc) is 2.72. The molecule has 0 amide bonds. The highest BCUT2D eigenvalue weighted by molar-refractivity contribution is 5.72. The first kappa shape index (κ1) is 20.0. The summed E-state index contributed by atoms with van der Waals surface area (Å²) in [7, 11) is 1.52. The lowest BCUT2D eigenvalue weighted by Gasteiger charge is -2.16. The molecule has 146 valence electrons. The summed E-state index contributed by atoms with van der Waals surface area (Å²) in [5, 5.41) is 3.45. The molecule has 0 saturated heterocycles. The van der Waals surface area contributed by atoms with Gasteiger partial charge >= 0.3 is 6.18 Å². The van der Waals surface area contributed by atoms with Crippen LogP contribution in [0.25, 0.3) is 11.1 Å². The maximum Gasteiger partial charge on any atom is 0.416 e. The first-order valence-corrected chi connectivity index (χ1v) is 9.01. The fourth-order valence-electron chi connectivity index (χ4n) is 3.08. The third-order valence-electron chi connectivity index (χ3n) is 4.68. The Hall–Kier alpha value is -2.79. The molecule has 1 atom stereocenters. The molecule has 0 aromatic heterocycles. The zero-order chi connectivity index (χ0) is 20.1. The number of nitrogens with one attached hydrogen (secondary N) is 1. The highest BCUT2D eigenvalue weighted by atomic mass is 19.4. The van der Waals surface area contributed by atoms with Crippen molar-refractivity contribution in [2.24, 2.45) is 0 Å². The van der Waals surface area contributed by atoms with Crippen molar-refractivity contribution in [1.82, 2.24) is 5.32 Å². The molecular weight excluding hydrogens is 363 g/mol. The number of halogens is 3. The summed E-state index contributed by atoms with van der Waals surface area (Å²) in [4.78, 5) is 0. The van der Waals surface area contributed by atoms with E-state index < -0.39 is 11.7 Å². The largest absolute Gasteiger partial charge is 0.496 e. The molecule has 0 fully saturated rings. The van der Waals surface area contributed by atoms with E-state index in [4.69, 9.17) is 4.74 Å². The average molecular weight is 385 g/mol. The van der Waals surface area contributed by atoms with Crippen LogP contribution in [-0.2, 0) is 12.7 Å². The van der Waals surface area contributed by atoms with Crippen molar-refractivity contribution >= 4 is 0 Å². The number of benzene rings is 3. The molecule has 2 nitrogen and oxygen atoms in total. The minimum absolute atomic E-state index is 0.153. The Morgan fingerprint density at radius 3 is 2.36 bits per heavy atom. The van der Waals surface area contributed by atoms with Crippen LogP contribution in [-0.4, -0.2) is 7.11 Å². The summed E-state index contributed by atoms with van der Waals surface area (Å²) < 4.78 is 44.6. The predicted octanol–water partition coefficient (Wildman–Crippen LogP) is 6.23. The highest BCUT2D eigenvalue weighted by Gasteiger charge is 2.30. The van der Waals surface area contributed by atoms with Crippen LogP contribution in [0.15, 0.2) is 72.8 Å². The number of hydrogen-bond donors (Lipinski definition) is 1. The van der Waals surface area contributed by atoms with Gasteiger partial charge in [-0.1, -0.05) is 48.5 Å². The van der Waals surface area contributed by atoms with Crippen molar-refractivity contribution in [2.45, 2.75) is 25.7 Å². The van der Waals surface area contributed by atoms with Gasteiger partial charge in [0, 0.05) is 18.2 Å². The second kappa shape index (κ2) is 8.48. The minimum atomic E-state index is -4.38. The Morgan fingerprint density at radius 1 is 0.929 bits per heavy atom. The van der Waals surface area contributed by atoms with Crippen LogP contribution in [0.4, 0.5) is 13.2 Å². The lowest BCUT2D eigenvalue weighted by Crippen LogP contribution is -2.18. The summed E-state index contributed by atoms with van der Waals surface area (Å²) in [6.07, 6.45) is -4.38. The topological polar surface area (TPSA) is 21.3 Å². The van der Waals surface area contributed by atoms with Crippen LogP contribution >= 0.6 is 0 Å². The molecular formula is C23H22F3NO. The Bertz CT molecular complexity index is 923. The zero-order valence-corrected chi connectivity index (χ0v) is 15.8. The fourth-order valence-corrected chi connectivity index (χ4v) is 3.08. The number of methoxy groups -OCH3 is 1. The summed E-state index contributed by atoms with van der Waals surface area (Å²) in [6.45, 7) is 2.67. The van der Waals surface area contributed by atoms with E-state index in [2.05, 4.69) is 24.4 Å². The molecule has 0 radical (unpaired) electrons. The smallest absolute Gasteiger partial charge is 0.416 e. The number of ether oxygens (including phenoxy) is 1. The molecule has 1 unspecified atom stereocenters. The van der Waals surface area contributed by atoms with Crippen LogP contribution < -0.4 is 10.1 Å². The second-order valence-corrected chi connectivity index (χ2v) is 6.63. The molecule has 0 spiro atoms. The number of rotatable bonds is 6. The van der Waals surface area contributed by atoms with Gasteiger partial charge in [0.05, 0.1) is 12.7 Å². The standard InChI is InChI=1S/C23H22F3NO/c1-16(18-7-4-3-5-8-18)27-15-17-11-12-22(28-2)21(13-17)19-9-6-10-20(14-19)23(24,25)26/h3-14,16,27H,15H2,1-2H3. The highest BCUT2D eigenvalue weighted by Crippen LogP contribution is 2.36. The van der Waals surface area contributed by atoms with Crippen LogP contribution in [0.3, 0.4) is 0 Å². The molecule has 3 rings (SSSR count). The monoisotopic (exact) mass is 385 g/mol. The summed E-state index contributed by atoms with van der Waals surface area (Å²) in [6, 6.07) is 21.1. The van der Waals surface area contributed by atoms with E-state index in [-0.39, 0.29) is 6.04 Å². The van der Waals surface area contributed by atoms with Gasteiger partial charge < -0.3 is 10.1 Å². The summed E-state index contributed by atoms with van der Waals surface area (Å²) in [5.41, 5.74) is 2.59. The van der Waals surface area contributed by atoms with Gasteiger partial charge in [0.1, 0.15) is 5.75 Å². The molecule has 0 saturated carbocycles. The van der Waals surface area contributed by atoms with Gasteiger partial charge in [-0.2, -0.15) is 13.2 Å². The van der Waals surface area contributed by atoms with E-state index >= 15 is 0 Å². The summed E-state index contributed by atoms with van der Waals surface area (Å²) >= 11 is 0. The first-order chi connectivity index (χ1) is 13.4. The SMILES string of the molecule is COc1ccc(CNC(C)c2ccccc2)cc1-c1cccc(C(F)(F)F)c1. The molecule has 0 bridgehead atoms. The molecule has 5 heteroatoms. The Kier molecular flexibility index (Phi) is 6.05. The normalized spacial score (nSPS) is 12.6. The Labute approximate surface area is 163 Å². The van der Waals surface area contributed by atoms with Gasteiger partial charge in [0.2, 0.25) is 0 Å². The quantitative estimate of drug-likeness (QED) is 0.543. The molecule has 0 heterocycles. The molecule has 3 aromatic carbocycles. The maximum absolute atomic E-state index is 13.1. The van der Waals surface area contributed by atoms with Crippen molar-refractivity contribution in [3.63, 3.8) is 0 Å². The molecule has 1 N–H and O–H groups in total. The third-order valence-corrected chi connectivity index (χ3v) is 4.68. The van der Waals surface area contributed by atoms with E-state index in [1.807, 2.05) is 30.3 Å². The van der Waals surface area contributed by atoms with Gasteiger partial charge in [0.25, 0.3) is 0 Å². The Morgan fingerprint density at radius 2 is 1.68 bits per heavy atom. The fraction of sp³-hybridized carbons (Fsp3) is 0.217. The van der Waals surface area contributed by atoms with Crippen LogP contribution in [0.5, 0.6) is 5.75 Å². The number of hydrogen-bond acceptors (Lipinski definition) is 2. The summed E-state index contributed by atoms with van der Waals surface area (Å²) in [5.74, 6) is 0.541. The molecule has 3 aromatic rings. The van der Waals surface area contributed by atoms with Crippen molar-refractivity contribution in [2.75, 3.05) is 7.11 Å². The molecule has 28 heavy (non-hydrogen) atoms. The van der Waals surface area contributed by atoms with Gasteiger partial charge in [-0.3, -0.25) is 0 Å². The van der Waals surface area contributed by atoms with Gasteiger partial charge in [0.15, 0.2) is 0 Å². The molecule has 0 aliphatic heterocycles. The maximum atomic E-state index is 13.1. The van der Waals surface area contributed by atoms with Crippen LogP contribution in [0.2, 0.25) is 0 Å². The van der Waals surface area contributed by atoms with E-state index in [9.17, 15) is 13.2 Å². The van der Waals surface area contributed by atoms with Gasteiger partial charge in [-0.15, -0.1) is 0 Å². The van der Waals surface area contributed by atoms with Crippen molar-refractivity contribution < 1.29 is 17.9 Å². The lowest BCUT2D eigenvalue weighted by molar-refractivity contribution is -0.137. The van der Waals surface area contributed by atoms with Crippen molar-refractivity contribution in [3.8, 4) is 16.9 Å². The van der Waals surface area contributed by atoms with Gasteiger partial charge in [-0.25, -0.2) is 0 Å². The third kappa shape index (κ3) is 4.73. The predicted molar refractivity (Wildman–Crippen MR) is 105 cm³/mol. The lowest BCUT2D eigenvalue weighted by atomic mass is 9.99. The van der Waals surface area contributed by atoms with E-state index in [0.29, 0.717) is 23.4 Å². The van der Waals surface area contributed by atoms with E-state index in [1.165, 1.54) is 18.7 Å². The van der Waals surface area contributed by atoms with Crippen molar-refractivity contribution in [1.29, 1.82) is 0 Å².